The molecule has 0 unspecified atom stereocenters. The number of hydrogen-bond donors (Lipinski definition) is 0. The molecule has 18 heavy (non-hydrogen) atoms. The summed E-state index contributed by atoms with van der Waals surface area (Å²) in [7, 11) is 0. The van der Waals surface area contributed by atoms with E-state index in [1.54, 1.807) is 10.8 Å². The Hall–Kier alpha value is -1.64. The molecule has 2 nitrogen and oxygen atoms in total. The molecule has 0 aliphatic rings. The van der Waals surface area contributed by atoms with Crippen LogP contribution in [0.4, 0.5) is 4.39 Å². The molecule has 0 bridgehead atoms. The maximum Gasteiger partial charge on any atom is 0.189 e. The maximum atomic E-state index is 12.5. The first kappa shape index (κ1) is 12.8. The molecule has 1 heterocycles. The van der Waals surface area contributed by atoms with E-state index in [4.69, 9.17) is 0 Å². The summed E-state index contributed by atoms with van der Waals surface area (Å²) in [6.45, 7) is 6.18. The van der Waals surface area contributed by atoms with Gasteiger partial charge in [-0.25, -0.2) is 4.39 Å². The lowest BCUT2D eigenvalue weighted by Gasteiger charge is -2.20. The Morgan fingerprint density at radius 2 is 1.94 bits per heavy atom. The molecular weight excluding hydrogens is 229 g/mol. The van der Waals surface area contributed by atoms with Crippen molar-refractivity contribution in [3.05, 3.63) is 46.2 Å². The van der Waals surface area contributed by atoms with Crippen molar-refractivity contribution in [2.24, 2.45) is 0 Å². The molecule has 0 saturated heterocycles. The third-order valence-electron chi connectivity index (χ3n) is 3.17. The summed E-state index contributed by atoms with van der Waals surface area (Å²) in [6, 6.07) is 7.35. The van der Waals surface area contributed by atoms with E-state index in [9.17, 15) is 9.18 Å². The Labute approximate surface area is 106 Å². The zero-order chi connectivity index (χ0) is 13.3. The van der Waals surface area contributed by atoms with Crippen LogP contribution in [0.3, 0.4) is 0 Å². The van der Waals surface area contributed by atoms with Crippen molar-refractivity contribution in [1.82, 2.24) is 4.57 Å². The maximum absolute atomic E-state index is 12.5. The van der Waals surface area contributed by atoms with Crippen LogP contribution >= 0.6 is 0 Å². The van der Waals surface area contributed by atoms with Gasteiger partial charge in [0.1, 0.15) is 6.67 Å². The van der Waals surface area contributed by atoms with Crippen molar-refractivity contribution in [2.75, 3.05) is 6.67 Å². The van der Waals surface area contributed by atoms with E-state index >= 15 is 0 Å². The van der Waals surface area contributed by atoms with Crippen molar-refractivity contribution >= 4 is 10.9 Å². The highest BCUT2D eigenvalue weighted by atomic mass is 19.1. The lowest BCUT2D eigenvalue weighted by Crippen LogP contribution is -2.14. The number of alkyl halides is 1. The van der Waals surface area contributed by atoms with Crippen LogP contribution in [0.1, 0.15) is 26.3 Å². The van der Waals surface area contributed by atoms with Gasteiger partial charge in [-0.2, -0.15) is 0 Å². The lowest BCUT2D eigenvalue weighted by atomic mass is 9.86. The van der Waals surface area contributed by atoms with E-state index in [0.717, 1.165) is 11.1 Å². The summed E-state index contributed by atoms with van der Waals surface area (Å²) < 4.78 is 14.3. The van der Waals surface area contributed by atoms with E-state index in [-0.39, 0.29) is 17.4 Å². The molecule has 0 atom stereocenters. The van der Waals surface area contributed by atoms with Gasteiger partial charge in [0.05, 0.1) is 12.1 Å². The fourth-order valence-corrected chi connectivity index (χ4v) is 2.06. The molecule has 0 fully saturated rings. The predicted octanol–water partition coefficient (Wildman–Crippen LogP) is 3.27. The topological polar surface area (TPSA) is 22.0 Å². The zero-order valence-electron chi connectivity index (χ0n) is 11.0. The second-order valence-corrected chi connectivity index (χ2v) is 5.54. The average Bonchev–Trinajstić information content (AvgIpc) is 2.31. The number of fused-ring (bicyclic) bond motifs is 1. The van der Waals surface area contributed by atoms with Crippen molar-refractivity contribution in [1.29, 1.82) is 0 Å². The number of rotatable bonds is 2. The minimum absolute atomic E-state index is 0.00138. The van der Waals surface area contributed by atoms with Gasteiger partial charge in [-0.15, -0.1) is 0 Å². The molecule has 0 spiro atoms. The van der Waals surface area contributed by atoms with Crippen molar-refractivity contribution in [3.63, 3.8) is 0 Å². The number of aromatic nitrogens is 1. The number of pyridine rings is 1. The van der Waals surface area contributed by atoms with Gasteiger partial charge in [0, 0.05) is 17.6 Å². The second kappa shape index (κ2) is 4.56. The van der Waals surface area contributed by atoms with Gasteiger partial charge in [0.2, 0.25) is 0 Å². The van der Waals surface area contributed by atoms with Crippen LogP contribution in [0, 0.1) is 0 Å². The normalized spacial score (nSPS) is 12.0. The quantitative estimate of drug-likeness (QED) is 0.798. The summed E-state index contributed by atoms with van der Waals surface area (Å²) in [5.74, 6) is 0. The highest BCUT2D eigenvalue weighted by Crippen LogP contribution is 2.24. The van der Waals surface area contributed by atoms with Crippen LogP contribution in [0.15, 0.2) is 35.3 Å². The van der Waals surface area contributed by atoms with E-state index in [0.29, 0.717) is 5.39 Å². The van der Waals surface area contributed by atoms with Gasteiger partial charge in [-0.05, 0) is 23.1 Å². The number of nitrogens with zero attached hydrogens (tertiary/aromatic N) is 1. The summed E-state index contributed by atoms with van der Waals surface area (Å²) in [6.07, 6.45) is 1.65. The molecule has 96 valence electrons. The Morgan fingerprint density at radius 1 is 1.22 bits per heavy atom. The SMILES string of the molecule is CC(C)(C)c1ccc2c(c1)c(=O)ccn2CCF. The largest absolute Gasteiger partial charge is 0.345 e. The third kappa shape index (κ3) is 2.30. The average molecular weight is 247 g/mol. The number of hydrogen-bond acceptors (Lipinski definition) is 1. The summed E-state index contributed by atoms with van der Waals surface area (Å²) in [5, 5.41) is 0.665. The smallest absolute Gasteiger partial charge is 0.189 e. The standard InChI is InChI=1S/C15H18FNO/c1-15(2,3)11-4-5-13-12(10-11)14(18)6-8-17(13)9-7-16/h4-6,8,10H,7,9H2,1-3H3. The van der Waals surface area contributed by atoms with Gasteiger partial charge in [-0.3, -0.25) is 4.79 Å². The molecular formula is C15H18FNO. The van der Waals surface area contributed by atoms with Gasteiger partial charge in [0.15, 0.2) is 5.43 Å². The minimum atomic E-state index is -0.432. The molecule has 1 aromatic heterocycles. The molecule has 0 N–H and O–H groups in total. The molecule has 2 aromatic rings. The van der Waals surface area contributed by atoms with E-state index < -0.39 is 6.67 Å². The van der Waals surface area contributed by atoms with E-state index in [1.807, 2.05) is 18.2 Å². The fraction of sp³-hybridized carbons (Fsp3) is 0.400. The third-order valence-corrected chi connectivity index (χ3v) is 3.17. The molecule has 1 aromatic carbocycles. The number of aryl methyl sites for hydroxylation is 1. The molecule has 3 heteroatoms. The van der Waals surface area contributed by atoms with Crippen LogP contribution in [0.25, 0.3) is 10.9 Å². The van der Waals surface area contributed by atoms with E-state index in [2.05, 4.69) is 20.8 Å². The van der Waals surface area contributed by atoms with Crippen LogP contribution in [0.5, 0.6) is 0 Å². The molecule has 0 saturated carbocycles. The molecule has 0 aliphatic carbocycles. The first-order valence-corrected chi connectivity index (χ1v) is 6.13. The van der Waals surface area contributed by atoms with Gasteiger partial charge < -0.3 is 4.57 Å². The van der Waals surface area contributed by atoms with Crippen LogP contribution < -0.4 is 5.43 Å². The van der Waals surface area contributed by atoms with Crippen molar-refractivity contribution < 1.29 is 4.39 Å². The lowest BCUT2D eigenvalue weighted by molar-refractivity contribution is 0.450. The number of benzene rings is 1. The Balaban J connectivity index is 2.70. The van der Waals surface area contributed by atoms with Gasteiger partial charge in [-0.1, -0.05) is 26.8 Å². The summed E-state index contributed by atoms with van der Waals surface area (Å²) in [5.41, 5.74) is 1.91. The van der Waals surface area contributed by atoms with Crippen LogP contribution in [-0.2, 0) is 12.0 Å². The predicted molar refractivity (Wildman–Crippen MR) is 72.9 cm³/mol. The van der Waals surface area contributed by atoms with Crippen LogP contribution in [0.2, 0.25) is 0 Å². The van der Waals surface area contributed by atoms with Gasteiger partial charge in [0.25, 0.3) is 0 Å². The Bertz CT molecular complexity index is 622. The monoisotopic (exact) mass is 247 g/mol. The van der Waals surface area contributed by atoms with E-state index in [1.165, 1.54) is 6.07 Å². The number of halogens is 1. The molecule has 0 aliphatic heterocycles. The zero-order valence-corrected chi connectivity index (χ0v) is 11.0. The molecule has 2 rings (SSSR count). The first-order valence-electron chi connectivity index (χ1n) is 6.13. The second-order valence-electron chi connectivity index (χ2n) is 5.54. The van der Waals surface area contributed by atoms with Gasteiger partial charge >= 0.3 is 0 Å². The Kier molecular flexibility index (Phi) is 3.24. The fourth-order valence-electron chi connectivity index (χ4n) is 2.06. The van der Waals surface area contributed by atoms with Crippen LogP contribution in [-0.4, -0.2) is 11.2 Å². The first-order chi connectivity index (χ1) is 8.43. The highest BCUT2D eigenvalue weighted by molar-refractivity contribution is 5.79. The Morgan fingerprint density at radius 3 is 2.56 bits per heavy atom. The van der Waals surface area contributed by atoms with Crippen molar-refractivity contribution in [2.45, 2.75) is 32.7 Å². The minimum Gasteiger partial charge on any atom is -0.345 e. The summed E-state index contributed by atoms with van der Waals surface area (Å²) in [4.78, 5) is 11.9. The van der Waals surface area contributed by atoms with Crippen molar-refractivity contribution in [3.8, 4) is 0 Å². The highest BCUT2D eigenvalue weighted by Gasteiger charge is 2.15. The molecule has 0 amide bonds. The molecule has 0 radical (unpaired) electrons. The summed E-state index contributed by atoms with van der Waals surface area (Å²) >= 11 is 0.